The van der Waals surface area contributed by atoms with Crippen LogP contribution in [-0.4, -0.2) is 15.9 Å². The fraction of sp³-hybridized carbons (Fsp3) is 0.355. The van der Waals surface area contributed by atoms with E-state index in [4.69, 9.17) is 10.1 Å². The molecule has 3 aromatic rings. The maximum Gasteiger partial charge on any atom is 0.155 e. The van der Waals surface area contributed by atoms with Gasteiger partial charge in [-0.2, -0.15) is 0 Å². The second-order valence-electron chi connectivity index (χ2n) is 10.1. The van der Waals surface area contributed by atoms with Gasteiger partial charge in [0.2, 0.25) is 0 Å². The minimum absolute atomic E-state index is 0. The van der Waals surface area contributed by atoms with Crippen LogP contribution in [0.1, 0.15) is 82.5 Å². The molecule has 2 aliphatic rings. The maximum atomic E-state index is 10.0. The average Bonchev–Trinajstić information content (AvgIpc) is 3.41. The summed E-state index contributed by atoms with van der Waals surface area (Å²) in [5, 5.41) is 11.1. The van der Waals surface area contributed by atoms with Gasteiger partial charge in [-0.15, -0.1) is 48.2 Å². The third-order valence-corrected chi connectivity index (χ3v) is 6.55. The van der Waals surface area contributed by atoms with Gasteiger partial charge < -0.3 is 10.1 Å². The van der Waals surface area contributed by atoms with Crippen molar-refractivity contribution in [2.75, 3.05) is 0 Å². The van der Waals surface area contributed by atoms with E-state index in [9.17, 15) is 4.79 Å². The van der Waals surface area contributed by atoms with E-state index in [0.29, 0.717) is 5.92 Å². The molecular weight excluding hydrogens is 611 g/mol. The number of hydrogen-bond acceptors (Lipinski definition) is 3. The Bertz CT molecular complexity index is 1230. The van der Waals surface area contributed by atoms with E-state index in [1.165, 1.54) is 61.2 Å². The second kappa shape index (κ2) is 11.8. The van der Waals surface area contributed by atoms with Crippen molar-refractivity contribution < 1.29 is 30.0 Å². The van der Waals surface area contributed by atoms with Gasteiger partial charge in [-0.3, -0.25) is 4.79 Å². The van der Waals surface area contributed by atoms with Gasteiger partial charge in [-0.25, -0.2) is 0 Å². The number of fused-ring (bicyclic) bond motifs is 7. The third-order valence-electron chi connectivity index (χ3n) is 6.55. The van der Waals surface area contributed by atoms with Crippen LogP contribution >= 0.6 is 0 Å². The van der Waals surface area contributed by atoms with Crippen LogP contribution < -0.4 is 0 Å². The largest absolute Gasteiger partial charge is 0.512 e. The number of hydrogen-bond donors (Lipinski definition) is 1. The van der Waals surface area contributed by atoms with E-state index < -0.39 is 0 Å². The minimum Gasteiger partial charge on any atom is -0.512 e. The van der Waals surface area contributed by atoms with Crippen molar-refractivity contribution in [1.82, 2.24) is 4.98 Å². The van der Waals surface area contributed by atoms with E-state index >= 15 is 0 Å². The van der Waals surface area contributed by atoms with Gasteiger partial charge in [0.15, 0.2) is 5.78 Å². The van der Waals surface area contributed by atoms with Gasteiger partial charge in [-0.05, 0) is 66.5 Å². The van der Waals surface area contributed by atoms with Crippen molar-refractivity contribution in [3.8, 4) is 24.1 Å². The Labute approximate surface area is 223 Å². The number of carbonyl (C=O) groups is 1. The summed E-state index contributed by atoms with van der Waals surface area (Å²) in [7, 11) is 0. The molecule has 1 aromatic heterocycles. The summed E-state index contributed by atoms with van der Waals surface area (Å²) in [6.45, 7) is 9.59. The molecule has 35 heavy (non-hydrogen) atoms. The van der Waals surface area contributed by atoms with Crippen molar-refractivity contribution in [1.29, 1.82) is 0 Å². The number of ketones is 1. The first-order valence-electron chi connectivity index (χ1n) is 11.8. The van der Waals surface area contributed by atoms with Crippen molar-refractivity contribution in [3.63, 3.8) is 0 Å². The standard InChI is InChI=1S/C24H24N.C5H8O2.C2H2.Ir/c1-24(2,3)18-12-10-15(11-13-18)22-20-7-5-4-6-19(20)21-16-8-9-17(14-16)23(21)25-22;1-4(6)3-5(2)7;1-2;/h4-7,10,12-13,16-17H,8-9,14H2,1-3H3;3,6H,1-2H3;1-2H;/q-1;;;. The fourth-order valence-corrected chi connectivity index (χ4v) is 5.07. The van der Waals surface area contributed by atoms with Crippen molar-refractivity contribution in [2.45, 2.75) is 71.1 Å². The second-order valence-corrected chi connectivity index (χ2v) is 10.1. The summed E-state index contributed by atoms with van der Waals surface area (Å²) in [6.07, 6.45) is 13.1. The Balaban J connectivity index is 0.000000377. The number of aliphatic hydroxyl groups excluding tert-OH is 1. The Morgan fingerprint density at radius 1 is 1.06 bits per heavy atom. The van der Waals surface area contributed by atoms with Gasteiger partial charge in [0, 0.05) is 37.8 Å². The zero-order valence-corrected chi connectivity index (χ0v) is 23.6. The molecule has 185 valence electrons. The van der Waals surface area contributed by atoms with E-state index in [0.717, 1.165) is 17.2 Å². The predicted octanol–water partition coefficient (Wildman–Crippen LogP) is 7.65. The number of pyridine rings is 1. The summed E-state index contributed by atoms with van der Waals surface area (Å²) in [5.74, 6) is 1.35. The number of terminal acetylenes is 1. The molecule has 0 saturated heterocycles. The van der Waals surface area contributed by atoms with Crippen LogP contribution in [0.2, 0.25) is 0 Å². The molecule has 2 aromatic carbocycles. The Morgan fingerprint density at radius 3 is 2.20 bits per heavy atom. The molecule has 2 bridgehead atoms. The molecule has 2 unspecified atom stereocenters. The van der Waals surface area contributed by atoms with E-state index in [1.807, 2.05) is 0 Å². The molecule has 1 saturated carbocycles. The van der Waals surface area contributed by atoms with E-state index in [-0.39, 0.29) is 37.1 Å². The molecule has 4 heteroatoms. The molecule has 0 spiro atoms. The number of allylic oxidation sites excluding steroid dienone is 2. The zero-order valence-electron chi connectivity index (χ0n) is 21.2. The molecule has 1 heterocycles. The Kier molecular flexibility index (Phi) is 9.61. The third kappa shape index (κ3) is 6.29. The van der Waals surface area contributed by atoms with Crippen LogP contribution in [0.5, 0.6) is 0 Å². The van der Waals surface area contributed by atoms with Gasteiger partial charge in [0.05, 0.1) is 5.76 Å². The minimum atomic E-state index is -0.125. The molecule has 0 amide bonds. The molecule has 1 N–H and O–H groups in total. The summed E-state index contributed by atoms with van der Waals surface area (Å²) in [5.41, 5.74) is 6.62. The monoisotopic (exact) mass is 645 g/mol. The van der Waals surface area contributed by atoms with Crippen molar-refractivity contribution in [3.05, 3.63) is 77.2 Å². The van der Waals surface area contributed by atoms with Gasteiger partial charge >= 0.3 is 0 Å². The average molecular weight is 645 g/mol. The Morgan fingerprint density at radius 2 is 1.69 bits per heavy atom. The van der Waals surface area contributed by atoms with Crippen molar-refractivity contribution in [2.24, 2.45) is 0 Å². The molecule has 5 rings (SSSR count). The van der Waals surface area contributed by atoms with Crippen LogP contribution in [0.25, 0.3) is 22.0 Å². The van der Waals surface area contributed by atoms with Gasteiger partial charge in [0.25, 0.3) is 0 Å². The molecular formula is C31H34IrNO2-. The molecule has 1 radical (unpaired) electrons. The quantitative estimate of drug-likeness (QED) is 0.135. The van der Waals surface area contributed by atoms with Crippen LogP contribution in [-0.2, 0) is 30.3 Å². The first kappa shape index (κ1) is 28.5. The molecule has 2 aliphatic carbocycles. The molecule has 2 atom stereocenters. The number of rotatable bonds is 2. The van der Waals surface area contributed by atoms with Crippen LogP contribution in [0.4, 0.5) is 0 Å². The number of aliphatic hydroxyl groups is 1. The summed E-state index contributed by atoms with van der Waals surface area (Å²) < 4.78 is 0. The number of carbonyl (C=O) groups excluding carboxylic acids is 1. The topological polar surface area (TPSA) is 50.2 Å². The van der Waals surface area contributed by atoms with E-state index in [1.54, 1.807) is 5.56 Å². The first-order valence-corrected chi connectivity index (χ1v) is 11.8. The summed E-state index contributed by atoms with van der Waals surface area (Å²) in [4.78, 5) is 15.2. The summed E-state index contributed by atoms with van der Waals surface area (Å²) >= 11 is 0. The van der Waals surface area contributed by atoms with Crippen LogP contribution in [0.3, 0.4) is 0 Å². The fourth-order valence-electron chi connectivity index (χ4n) is 5.07. The molecule has 3 nitrogen and oxygen atoms in total. The van der Waals surface area contributed by atoms with Gasteiger partial charge in [-0.1, -0.05) is 45.0 Å². The number of aromatic nitrogens is 1. The van der Waals surface area contributed by atoms with E-state index in [2.05, 4.69) is 82.1 Å². The smallest absolute Gasteiger partial charge is 0.155 e. The summed E-state index contributed by atoms with van der Waals surface area (Å²) in [6, 6.07) is 18.9. The SMILES string of the molecule is C#C.CC(=O)C=C(C)O.CC(C)(C)c1c[c-]c(-c2nc3c(c4ccccc24)C2CCC3C2)cc1.[Ir]. The van der Waals surface area contributed by atoms with Crippen molar-refractivity contribution >= 4 is 16.6 Å². The van der Waals surface area contributed by atoms with Crippen LogP contribution in [0.15, 0.2) is 54.3 Å². The predicted molar refractivity (Wildman–Crippen MR) is 141 cm³/mol. The normalized spacial score (nSPS) is 17.9. The zero-order chi connectivity index (χ0) is 25.0. The maximum absolute atomic E-state index is 10.0. The number of nitrogens with zero attached hydrogens (tertiary/aromatic N) is 1. The van der Waals surface area contributed by atoms with Crippen LogP contribution in [0, 0.1) is 18.9 Å². The Hall–Kier alpha value is -2.73. The molecule has 1 fully saturated rings. The number of benzene rings is 2. The van der Waals surface area contributed by atoms with Gasteiger partial charge in [0.1, 0.15) is 0 Å². The first-order chi connectivity index (χ1) is 16.1. The molecule has 0 aliphatic heterocycles.